The van der Waals surface area contributed by atoms with Crippen LogP contribution in [0.5, 0.6) is 0 Å². The molecule has 9 heavy (non-hydrogen) atoms. The Bertz CT molecular complexity index is 80.1. The Morgan fingerprint density at radius 2 is 1.67 bits per heavy atom. The molecular formula is C5H13Cl2OP. The van der Waals surface area contributed by atoms with Crippen LogP contribution in [0, 0.1) is 5.41 Å². The van der Waals surface area contributed by atoms with E-state index in [9.17, 15) is 0 Å². The first kappa shape index (κ1) is 9.97. The van der Waals surface area contributed by atoms with E-state index in [1.165, 1.54) is 0 Å². The van der Waals surface area contributed by atoms with E-state index in [-0.39, 0.29) is 5.41 Å². The Morgan fingerprint density at radius 3 is 1.67 bits per heavy atom. The summed E-state index contributed by atoms with van der Waals surface area (Å²) >= 11 is 11.0. The van der Waals surface area contributed by atoms with Gasteiger partial charge in [-0.15, -0.1) is 0 Å². The number of rotatable bonds is 1. The second kappa shape index (κ2) is 2.92. The average molecular weight is 191 g/mol. The second-order valence-electron chi connectivity index (χ2n) is 3.40. The van der Waals surface area contributed by atoms with Gasteiger partial charge in [-0.25, -0.2) is 0 Å². The first-order valence-corrected chi connectivity index (χ1v) is 6.99. The van der Waals surface area contributed by atoms with Crippen molar-refractivity contribution >= 4 is 28.7 Å². The summed E-state index contributed by atoms with van der Waals surface area (Å²) in [4.78, 5) is 9.02. The van der Waals surface area contributed by atoms with Crippen molar-refractivity contribution in [1.82, 2.24) is 0 Å². The summed E-state index contributed by atoms with van der Waals surface area (Å²) < 4.78 is 0. The van der Waals surface area contributed by atoms with Gasteiger partial charge in [0.05, 0.1) is 0 Å². The van der Waals surface area contributed by atoms with E-state index in [2.05, 4.69) is 0 Å². The Labute approximate surface area is 66.4 Å². The third-order valence-electron chi connectivity index (χ3n) is 0.743. The minimum atomic E-state index is -2.85. The van der Waals surface area contributed by atoms with Gasteiger partial charge < -0.3 is 0 Å². The van der Waals surface area contributed by atoms with E-state index in [0.717, 1.165) is 0 Å². The quantitative estimate of drug-likeness (QED) is 0.631. The van der Waals surface area contributed by atoms with Crippen molar-refractivity contribution in [2.45, 2.75) is 20.8 Å². The van der Waals surface area contributed by atoms with E-state index in [1.807, 2.05) is 20.8 Å². The summed E-state index contributed by atoms with van der Waals surface area (Å²) in [6, 6.07) is 0. The molecule has 0 atom stereocenters. The Balaban J connectivity index is 3.75. The maximum absolute atomic E-state index is 9.02. The van der Waals surface area contributed by atoms with Gasteiger partial charge in [-0.05, 0) is 0 Å². The molecule has 0 aliphatic carbocycles. The fourth-order valence-corrected chi connectivity index (χ4v) is 4.32. The van der Waals surface area contributed by atoms with Gasteiger partial charge in [-0.2, -0.15) is 0 Å². The van der Waals surface area contributed by atoms with Crippen LogP contribution in [0.3, 0.4) is 0 Å². The van der Waals surface area contributed by atoms with Gasteiger partial charge in [-0.1, -0.05) is 0 Å². The Morgan fingerprint density at radius 1 is 1.33 bits per heavy atom. The molecule has 0 aliphatic heterocycles. The molecule has 0 fully saturated rings. The molecule has 0 bridgehead atoms. The first-order chi connectivity index (χ1) is 3.71. The fraction of sp³-hybridized carbons (Fsp3) is 1.00. The van der Waals surface area contributed by atoms with Crippen LogP contribution in [0.1, 0.15) is 20.8 Å². The molecule has 0 spiro atoms. The molecule has 0 aromatic heterocycles. The van der Waals surface area contributed by atoms with Crippen molar-refractivity contribution < 1.29 is 4.89 Å². The van der Waals surface area contributed by atoms with Crippen LogP contribution in [-0.4, -0.2) is 11.1 Å². The normalized spacial score (nSPS) is 15.8. The standard InChI is InChI=1S/C5H13Cl2OP/c1-5(2,3)4-9(6,7)8/h8-9H,4H2,1-3H3. The topological polar surface area (TPSA) is 20.2 Å². The van der Waals surface area contributed by atoms with E-state index in [1.54, 1.807) is 0 Å². The molecule has 1 N–H and O–H groups in total. The Kier molecular flexibility index (Phi) is 3.23. The predicted molar refractivity (Wildman–Crippen MR) is 46.6 cm³/mol. The second-order valence-corrected chi connectivity index (χ2v) is 9.42. The van der Waals surface area contributed by atoms with Gasteiger partial charge in [0.1, 0.15) is 0 Å². The van der Waals surface area contributed by atoms with Crippen LogP contribution in [0.15, 0.2) is 0 Å². The third-order valence-corrected chi connectivity index (χ3v) is 3.03. The van der Waals surface area contributed by atoms with Crippen molar-refractivity contribution in [2.75, 3.05) is 6.16 Å². The average Bonchev–Trinajstić information content (AvgIpc) is 1.14. The van der Waals surface area contributed by atoms with E-state index in [0.29, 0.717) is 6.16 Å². The molecule has 0 aromatic carbocycles. The van der Waals surface area contributed by atoms with E-state index >= 15 is 0 Å². The molecule has 58 valence electrons. The first-order valence-electron chi connectivity index (χ1n) is 2.81. The summed E-state index contributed by atoms with van der Waals surface area (Å²) in [5.74, 6) is 0. The zero-order valence-electron chi connectivity index (χ0n) is 5.91. The predicted octanol–water partition coefficient (Wildman–Crippen LogP) is 3.00. The Hall–Kier alpha value is 0.970. The molecule has 0 amide bonds. The van der Waals surface area contributed by atoms with Crippen molar-refractivity contribution in [3.8, 4) is 0 Å². The van der Waals surface area contributed by atoms with Crippen molar-refractivity contribution in [3.05, 3.63) is 0 Å². The van der Waals surface area contributed by atoms with Crippen LogP contribution in [0.4, 0.5) is 0 Å². The fourth-order valence-electron chi connectivity index (χ4n) is 0.638. The molecule has 0 heterocycles. The van der Waals surface area contributed by atoms with Gasteiger partial charge in [0.25, 0.3) is 0 Å². The molecular weight excluding hydrogens is 178 g/mol. The zero-order chi connectivity index (χ0) is 7.71. The molecule has 0 unspecified atom stereocenters. The van der Waals surface area contributed by atoms with Gasteiger partial charge in [0.2, 0.25) is 0 Å². The summed E-state index contributed by atoms with van der Waals surface area (Å²) in [5, 5.41) is 0. The molecule has 0 rings (SSSR count). The summed E-state index contributed by atoms with van der Waals surface area (Å²) in [5.41, 5.74) is 0.0322. The number of halogens is 2. The molecule has 0 aromatic rings. The third kappa shape index (κ3) is 8.97. The molecule has 0 aliphatic rings. The van der Waals surface area contributed by atoms with Crippen LogP contribution in [0.2, 0.25) is 0 Å². The maximum atomic E-state index is 9.02. The van der Waals surface area contributed by atoms with Crippen LogP contribution in [-0.2, 0) is 0 Å². The van der Waals surface area contributed by atoms with Gasteiger partial charge in [0, 0.05) is 0 Å². The molecule has 0 saturated heterocycles. The summed E-state index contributed by atoms with van der Waals surface area (Å²) in [6.07, 6.45) is -2.33. The van der Waals surface area contributed by atoms with E-state index in [4.69, 9.17) is 27.4 Å². The van der Waals surface area contributed by atoms with E-state index < -0.39 is 6.19 Å². The van der Waals surface area contributed by atoms with Gasteiger partial charge in [0.15, 0.2) is 0 Å². The molecule has 1 nitrogen and oxygen atoms in total. The number of hydrogen-bond donors (Lipinski definition) is 1. The summed E-state index contributed by atoms with van der Waals surface area (Å²) in [6.45, 7) is 5.99. The molecule has 0 saturated carbocycles. The van der Waals surface area contributed by atoms with Crippen LogP contribution in [0.25, 0.3) is 0 Å². The van der Waals surface area contributed by atoms with Gasteiger partial charge >= 0.3 is 65.9 Å². The number of hydrogen-bond acceptors (Lipinski definition) is 1. The SMILES string of the molecule is CC(C)(C)C[PH](O)(Cl)Cl. The van der Waals surface area contributed by atoms with Crippen molar-refractivity contribution in [3.63, 3.8) is 0 Å². The van der Waals surface area contributed by atoms with Crippen molar-refractivity contribution in [2.24, 2.45) is 5.41 Å². The van der Waals surface area contributed by atoms with Crippen molar-refractivity contribution in [1.29, 1.82) is 0 Å². The van der Waals surface area contributed by atoms with Crippen LogP contribution >= 0.6 is 28.7 Å². The molecule has 0 radical (unpaired) electrons. The summed E-state index contributed by atoms with van der Waals surface area (Å²) in [7, 11) is 0. The molecule has 4 heteroatoms. The zero-order valence-corrected chi connectivity index (χ0v) is 8.42. The monoisotopic (exact) mass is 190 g/mol. The van der Waals surface area contributed by atoms with Gasteiger partial charge in [-0.3, -0.25) is 0 Å². The van der Waals surface area contributed by atoms with Crippen LogP contribution < -0.4 is 0 Å². The minimum absolute atomic E-state index is 0.0322.